The number of aliphatic hydroxyl groups is 1. The summed E-state index contributed by atoms with van der Waals surface area (Å²) in [6.07, 6.45) is 0.0575. The number of rotatable bonds is 7. The zero-order valence-corrected chi connectivity index (χ0v) is 18.9. The van der Waals surface area contributed by atoms with Crippen molar-refractivity contribution in [1.82, 2.24) is 9.62 Å². The molecule has 1 aliphatic heterocycles. The van der Waals surface area contributed by atoms with Gasteiger partial charge in [-0.15, -0.1) is 0 Å². The fourth-order valence-corrected chi connectivity index (χ4v) is 5.11. The molecule has 0 radical (unpaired) electrons. The van der Waals surface area contributed by atoms with E-state index in [1.54, 1.807) is 19.1 Å². The van der Waals surface area contributed by atoms with Gasteiger partial charge < -0.3 is 10.0 Å². The van der Waals surface area contributed by atoms with E-state index in [1.807, 2.05) is 0 Å². The second-order valence-corrected chi connectivity index (χ2v) is 10.7. The van der Waals surface area contributed by atoms with Crippen LogP contribution < -0.4 is 4.72 Å². The normalized spacial score (nSPS) is 27.7. The molecule has 2 fully saturated rings. The Morgan fingerprint density at radius 1 is 1.21 bits per heavy atom. The highest BCUT2D eigenvalue weighted by molar-refractivity contribution is 7.88. The molecule has 5 atom stereocenters. The van der Waals surface area contributed by atoms with Crippen LogP contribution in [0.3, 0.4) is 0 Å². The predicted molar refractivity (Wildman–Crippen MR) is 116 cm³/mol. The molecule has 10 heteroatoms. The molecule has 1 saturated heterocycles. The molecule has 178 valence electrons. The van der Waals surface area contributed by atoms with Gasteiger partial charge in [0.2, 0.25) is 15.9 Å². The van der Waals surface area contributed by atoms with Crippen molar-refractivity contribution in [2.75, 3.05) is 19.3 Å². The van der Waals surface area contributed by atoms with Crippen molar-refractivity contribution >= 4 is 15.9 Å². The number of sulfonamides is 1. The molecule has 33 heavy (non-hydrogen) atoms. The van der Waals surface area contributed by atoms with E-state index in [0.29, 0.717) is 0 Å². The first-order valence-corrected chi connectivity index (χ1v) is 12.5. The van der Waals surface area contributed by atoms with Crippen molar-refractivity contribution in [2.45, 2.75) is 31.2 Å². The maximum absolute atomic E-state index is 16.0. The number of aliphatic hydroxyl groups excluding tert-OH is 1. The van der Waals surface area contributed by atoms with Crippen molar-refractivity contribution in [3.05, 3.63) is 59.7 Å². The van der Waals surface area contributed by atoms with E-state index in [9.17, 15) is 27.1 Å². The molecule has 2 N–H and O–H groups in total. The molecule has 6 nitrogen and oxygen atoms in total. The lowest BCUT2D eigenvalue weighted by molar-refractivity contribution is -0.150. The van der Waals surface area contributed by atoms with Gasteiger partial charge in [-0.3, -0.25) is 4.79 Å². The molecule has 2 aliphatic rings. The summed E-state index contributed by atoms with van der Waals surface area (Å²) in [5.74, 6) is -3.59. The number of nitrogens with one attached hydrogen (secondary N) is 1. The van der Waals surface area contributed by atoms with E-state index in [0.717, 1.165) is 18.4 Å². The minimum absolute atomic E-state index is 0.0331. The second kappa shape index (κ2) is 8.41. The van der Waals surface area contributed by atoms with Gasteiger partial charge in [0.1, 0.15) is 17.3 Å². The summed E-state index contributed by atoms with van der Waals surface area (Å²) in [6, 6.07) is 8.72. The van der Waals surface area contributed by atoms with E-state index in [2.05, 4.69) is 4.72 Å². The molecular weight excluding hydrogens is 457 g/mol. The van der Waals surface area contributed by atoms with Crippen LogP contribution in [0.5, 0.6) is 0 Å². The number of carbonyl (C=O) groups excluding carboxylic acids is 1. The molecule has 2 aromatic rings. The molecule has 4 rings (SSSR count). The Balaban J connectivity index is 1.59. The van der Waals surface area contributed by atoms with E-state index in [-0.39, 0.29) is 42.1 Å². The first-order valence-electron chi connectivity index (χ1n) is 10.6. The van der Waals surface area contributed by atoms with Crippen molar-refractivity contribution in [2.24, 2.45) is 11.8 Å². The van der Waals surface area contributed by atoms with E-state index >= 15 is 4.39 Å². The third-order valence-electron chi connectivity index (χ3n) is 6.56. The lowest BCUT2D eigenvalue weighted by Crippen LogP contribution is -2.65. The van der Waals surface area contributed by atoms with Crippen LogP contribution in [-0.4, -0.2) is 55.8 Å². The highest BCUT2D eigenvalue weighted by Gasteiger charge is 2.64. The van der Waals surface area contributed by atoms with Crippen molar-refractivity contribution < 1.29 is 31.5 Å². The smallest absolute Gasteiger partial charge is 0.229 e. The highest BCUT2D eigenvalue weighted by atomic mass is 32.2. The van der Waals surface area contributed by atoms with Gasteiger partial charge in [0.05, 0.1) is 29.9 Å². The van der Waals surface area contributed by atoms with Crippen LogP contribution in [0.4, 0.5) is 13.2 Å². The number of hydrogen-bond acceptors (Lipinski definition) is 4. The van der Waals surface area contributed by atoms with E-state index in [4.69, 9.17) is 0 Å². The first-order chi connectivity index (χ1) is 15.4. The quantitative estimate of drug-likeness (QED) is 0.635. The summed E-state index contributed by atoms with van der Waals surface area (Å²) in [7, 11) is -3.52. The zero-order valence-electron chi connectivity index (χ0n) is 18.1. The predicted octanol–water partition coefficient (Wildman–Crippen LogP) is 2.57. The first kappa shape index (κ1) is 23.7. The topological polar surface area (TPSA) is 86.7 Å². The molecule has 1 aliphatic carbocycles. The molecular formula is C23H25F3N2O4S. The molecule has 0 aromatic heterocycles. The van der Waals surface area contributed by atoms with Crippen LogP contribution in [0.1, 0.15) is 18.9 Å². The Bertz CT molecular complexity index is 1170. The van der Waals surface area contributed by atoms with Crippen LogP contribution in [0.25, 0.3) is 11.1 Å². The number of carbonyl (C=O) groups is 1. The van der Waals surface area contributed by atoms with Gasteiger partial charge in [0, 0.05) is 25.4 Å². The summed E-state index contributed by atoms with van der Waals surface area (Å²) < 4.78 is 70.1. The number of hydrogen-bond donors (Lipinski definition) is 2. The maximum atomic E-state index is 16.0. The third kappa shape index (κ3) is 4.39. The van der Waals surface area contributed by atoms with Gasteiger partial charge in [-0.1, -0.05) is 30.3 Å². The second-order valence-electron chi connectivity index (χ2n) is 8.84. The molecule has 2 aromatic carbocycles. The standard InChI is InChI=1S/C23H25F3N2O4S/c1-13(29)15-12-28(20(15)11-27-33(2,31)32)22(30)17-10-23(17,26)16-7-4-3-6-14(16)21-18(24)8-5-9-19(21)25/h3-9,13,15,17,20,27,29H,10-12H2,1-2H3/t13-,15+,17+,20+,23-/m1/s1. The van der Waals surface area contributed by atoms with Gasteiger partial charge in [-0.2, -0.15) is 0 Å². The van der Waals surface area contributed by atoms with Gasteiger partial charge in [-0.05, 0) is 30.2 Å². The fourth-order valence-electron chi connectivity index (χ4n) is 4.64. The molecule has 1 saturated carbocycles. The average Bonchev–Trinajstić information content (AvgIpc) is 3.39. The fraction of sp³-hybridized carbons (Fsp3) is 0.435. The lowest BCUT2D eigenvalue weighted by atomic mass is 9.83. The Kier molecular flexibility index (Phi) is 6.05. The van der Waals surface area contributed by atoms with Gasteiger partial charge >= 0.3 is 0 Å². The van der Waals surface area contributed by atoms with Crippen LogP contribution in [0.15, 0.2) is 42.5 Å². The minimum Gasteiger partial charge on any atom is -0.393 e. The summed E-state index contributed by atoms with van der Waals surface area (Å²) >= 11 is 0. The number of likely N-dealkylation sites (tertiary alicyclic amines) is 1. The number of nitrogens with zero attached hydrogens (tertiary/aromatic N) is 1. The number of amides is 1. The number of halogens is 3. The van der Waals surface area contributed by atoms with Gasteiger partial charge in [0.25, 0.3) is 0 Å². The molecule has 0 bridgehead atoms. The SMILES string of the molecule is C[C@@H](O)[C@@H]1CN(C(=O)[C@@H]2C[C@@]2(F)c2ccccc2-c2c(F)cccc2F)[C@H]1CNS(C)(=O)=O. The van der Waals surface area contributed by atoms with Crippen molar-refractivity contribution in [3.63, 3.8) is 0 Å². The van der Waals surface area contributed by atoms with E-state index < -0.39 is 51.3 Å². The van der Waals surface area contributed by atoms with Gasteiger partial charge in [0.15, 0.2) is 0 Å². The molecule has 1 amide bonds. The van der Waals surface area contributed by atoms with Crippen LogP contribution in [-0.2, 0) is 20.5 Å². The Hall–Kier alpha value is -2.43. The Morgan fingerprint density at radius 2 is 1.85 bits per heavy atom. The summed E-state index contributed by atoms with van der Waals surface area (Å²) in [4.78, 5) is 14.5. The Morgan fingerprint density at radius 3 is 2.45 bits per heavy atom. The third-order valence-corrected chi connectivity index (χ3v) is 7.25. The zero-order chi connectivity index (χ0) is 24.1. The monoisotopic (exact) mass is 482 g/mol. The largest absolute Gasteiger partial charge is 0.393 e. The van der Waals surface area contributed by atoms with E-state index in [1.165, 1.54) is 23.1 Å². The minimum atomic E-state index is -3.52. The van der Waals surface area contributed by atoms with Crippen LogP contribution >= 0.6 is 0 Å². The van der Waals surface area contributed by atoms with Crippen molar-refractivity contribution in [1.29, 1.82) is 0 Å². The van der Waals surface area contributed by atoms with Crippen molar-refractivity contribution in [3.8, 4) is 11.1 Å². The van der Waals surface area contributed by atoms with Gasteiger partial charge in [-0.25, -0.2) is 26.3 Å². The molecule has 1 heterocycles. The number of alkyl halides is 1. The maximum Gasteiger partial charge on any atom is 0.229 e. The Labute approximate surface area is 190 Å². The van der Waals surface area contributed by atoms with Crippen LogP contribution in [0.2, 0.25) is 0 Å². The number of benzene rings is 2. The average molecular weight is 483 g/mol. The summed E-state index contributed by atoms with van der Waals surface area (Å²) in [5, 5.41) is 9.96. The summed E-state index contributed by atoms with van der Waals surface area (Å²) in [5.41, 5.74) is -2.37. The molecule has 0 unspecified atom stereocenters. The molecule has 0 spiro atoms. The summed E-state index contributed by atoms with van der Waals surface area (Å²) in [6.45, 7) is 1.63. The lowest BCUT2D eigenvalue weighted by Gasteiger charge is -2.49. The highest BCUT2D eigenvalue weighted by Crippen LogP contribution is 2.59. The van der Waals surface area contributed by atoms with Crippen LogP contribution in [0, 0.1) is 23.5 Å².